The molecule has 0 unspecified atom stereocenters. The van der Waals surface area contributed by atoms with Crippen molar-refractivity contribution in [2.75, 3.05) is 0 Å². The number of aromatic nitrogens is 3. The highest BCUT2D eigenvalue weighted by Gasteiger charge is 2.16. The monoisotopic (exact) mass is 638 g/mol. The molecule has 4 nitrogen and oxygen atoms in total. The van der Waals surface area contributed by atoms with Crippen LogP contribution in [0, 0.1) is 0 Å². The van der Waals surface area contributed by atoms with Crippen LogP contribution in [0.5, 0.6) is 0 Å². The van der Waals surface area contributed by atoms with Gasteiger partial charge in [-0.05, 0) is 51.5 Å². The first-order valence-corrected chi connectivity index (χ1v) is 15.5. The van der Waals surface area contributed by atoms with E-state index in [4.69, 9.17) is 28.1 Å². The Hall–Kier alpha value is -6.65. The summed E-state index contributed by atoms with van der Waals surface area (Å²) in [5.41, 5.74) is 3.63. The molecule has 2 heterocycles. The van der Waals surface area contributed by atoms with Gasteiger partial charge in [0.25, 0.3) is 0 Å². The maximum Gasteiger partial charge on any atom is 0.164 e. The zero-order chi connectivity index (χ0) is 42.1. The van der Waals surface area contributed by atoms with E-state index in [1.807, 2.05) is 60.7 Å². The van der Waals surface area contributed by atoms with E-state index in [0.29, 0.717) is 11.1 Å². The Morgan fingerprint density at radius 1 is 0.388 bits per heavy atom. The molecule has 7 aromatic carbocycles. The summed E-state index contributed by atoms with van der Waals surface area (Å²) in [7, 11) is 0. The molecule has 0 radical (unpaired) electrons. The number of fused-ring (bicyclic) bond motifs is 3. The van der Waals surface area contributed by atoms with Gasteiger partial charge in [-0.1, -0.05) is 158 Å². The molecule has 0 aliphatic rings. The summed E-state index contributed by atoms with van der Waals surface area (Å²) in [6, 6.07) is 28.3. The van der Waals surface area contributed by atoms with E-state index in [9.17, 15) is 1.37 Å². The van der Waals surface area contributed by atoms with Gasteiger partial charge in [0.05, 0.1) is 15.1 Å². The summed E-state index contributed by atoms with van der Waals surface area (Å²) in [5.74, 6) is 0.221. The lowest BCUT2D eigenvalue weighted by atomic mass is 9.98. The number of benzene rings is 7. The number of hydrogen-bond acceptors (Lipinski definition) is 4. The van der Waals surface area contributed by atoms with Crippen molar-refractivity contribution in [3.63, 3.8) is 0 Å². The first-order chi connectivity index (χ1) is 28.8. The van der Waals surface area contributed by atoms with Gasteiger partial charge in [0.15, 0.2) is 17.5 Å². The summed E-state index contributed by atoms with van der Waals surface area (Å²) in [6.07, 6.45) is 0. The van der Waals surface area contributed by atoms with Crippen LogP contribution in [-0.4, -0.2) is 15.0 Å². The summed E-state index contributed by atoms with van der Waals surface area (Å²) >= 11 is 0. The maximum absolute atomic E-state index is 9.58. The number of para-hydroxylation sites is 1. The molecule has 0 aliphatic heterocycles. The molecule has 0 atom stereocenters. The molecule has 9 aromatic rings. The molecule has 0 bridgehead atoms. The molecule has 0 N–H and O–H groups in total. The van der Waals surface area contributed by atoms with Gasteiger partial charge in [-0.25, -0.2) is 15.0 Å². The Bertz CT molecular complexity index is 3200. The molecular weight excluding hydrogens is 599 g/mol. The standard InChI is InChI=1S/C45H29N3O/c1-3-11-30(12-4-1)31-21-23-32(24-22-31)33-25-27-35(28-26-33)44-46-43(34-13-5-2-6-14-34)47-45(48-44)37-16-9-15-36(29-37)38-18-10-20-41-42(38)39-17-7-8-19-40(39)49-41/h1-29H/i7D,8D,9D,10D,15D,16D,17D,18D,19D,20D,29D. The zero-order valence-corrected chi connectivity index (χ0v) is 25.6. The quantitative estimate of drug-likeness (QED) is 0.182. The van der Waals surface area contributed by atoms with E-state index in [-0.39, 0.29) is 50.5 Å². The Labute approximate surface area is 299 Å². The fourth-order valence-electron chi connectivity index (χ4n) is 5.76. The summed E-state index contributed by atoms with van der Waals surface area (Å²) < 4.78 is 103. The van der Waals surface area contributed by atoms with Crippen LogP contribution in [0.1, 0.15) is 15.1 Å². The molecule has 2 aromatic heterocycles. The third kappa shape index (κ3) is 5.45. The van der Waals surface area contributed by atoms with Gasteiger partial charge in [0.2, 0.25) is 0 Å². The molecule has 0 spiro atoms. The highest BCUT2D eigenvalue weighted by molar-refractivity contribution is 6.12. The average Bonchev–Trinajstić information content (AvgIpc) is 3.69. The molecule has 0 fully saturated rings. The SMILES string of the molecule is [2H]c1c([2H])c(-c2nc(-c3ccccc3)nc(-c3ccc(-c4ccc(-c5ccccc5)cc4)cc3)n2)c([2H])c(-c2c([2H])c([2H])c([2H])c3oc4c([2H])c([2H])c([2H])c([2H])c4c23)c1[2H]. The summed E-state index contributed by atoms with van der Waals surface area (Å²) in [4.78, 5) is 14.2. The molecule has 4 heteroatoms. The number of furan rings is 1. The van der Waals surface area contributed by atoms with E-state index in [2.05, 4.69) is 29.2 Å². The number of rotatable bonds is 6. The lowest BCUT2D eigenvalue weighted by Gasteiger charge is -2.11. The second-order valence-electron chi connectivity index (χ2n) is 11.2. The van der Waals surface area contributed by atoms with Gasteiger partial charge in [-0.2, -0.15) is 0 Å². The van der Waals surface area contributed by atoms with Crippen molar-refractivity contribution in [3.05, 3.63) is 176 Å². The van der Waals surface area contributed by atoms with Crippen LogP contribution in [-0.2, 0) is 0 Å². The van der Waals surface area contributed by atoms with Crippen LogP contribution in [0.4, 0.5) is 0 Å². The predicted octanol–water partition coefficient (Wildman–Crippen LogP) is 11.8. The zero-order valence-electron chi connectivity index (χ0n) is 36.6. The van der Waals surface area contributed by atoms with Crippen molar-refractivity contribution >= 4 is 21.9 Å². The van der Waals surface area contributed by atoms with Crippen molar-refractivity contribution in [2.24, 2.45) is 0 Å². The van der Waals surface area contributed by atoms with Gasteiger partial charge in [0, 0.05) is 27.5 Å². The highest BCUT2D eigenvalue weighted by Crippen LogP contribution is 2.38. The van der Waals surface area contributed by atoms with Crippen LogP contribution in [0.2, 0.25) is 0 Å². The van der Waals surface area contributed by atoms with Crippen molar-refractivity contribution in [3.8, 4) is 67.5 Å². The second-order valence-corrected chi connectivity index (χ2v) is 11.2. The molecular formula is C45H29N3O. The van der Waals surface area contributed by atoms with Gasteiger partial charge < -0.3 is 4.42 Å². The predicted molar refractivity (Wildman–Crippen MR) is 200 cm³/mol. The molecule has 0 aliphatic carbocycles. The Morgan fingerprint density at radius 2 is 0.857 bits per heavy atom. The van der Waals surface area contributed by atoms with Crippen molar-refractivity contribution in [2.45, 2.75) is 0 Å². The van der Waals surface area contributed by atoms with Gasteiger partial charge in [0.1, 0.15) is 11.2 Å². The molecule has 0 amide bonds. The van der Waals surface area contributed by atoms with Crippen molar-refractivity contribution in [1.82, 2.24) is 15.0 Å². The Morgan fingerprint density at radius 3 is 1.51 bits per heavy atom. The lowest BCUT2D eigenvalue weighted by molar-refractivity contribution is 0.669. The second kappa shape index (κ2) is 12.2. The number of nitrogens with zero attached hydrogens (tertiary/aromatic N) is 3. The van der Waals surface area contributed by atoms with E-state index in [1.165, 1.54) is 0 Å². The van der Waals surface area contributed by atoms with Crippen molar-refractivity contribution in [1.29, 1.82) is 0 Å². The largest absolute Gasteiger partial charge is 0.456 e. The molecule has 0 saturated heterocycles. The molecule has 49 heavy (non-hydrogen) atoms. The summed E-state index contributed by atoms with van der Waals surface area (Å²) in [6.45, 7) is 0. The first-order valence-electron chi connectivity index (χ1n) is 21.0. The van der Waals surface area contributed by atoms with Gasteiger partial charge in [-0.15, -0.1) is 0 Å². The van der Waals surface area contributed by atoms with E-state index < -0.39 is 72.0 Å². The highest BCUT2D eigenvalue weighted by atomic mass is 16.3. The van der Waals surface area contributed by atoms with E-state index in [1.54, 1.807) is 24.3 Å². The molecule has 9 rings (SSSR count). The van der Waals surface area contributed by atoms with Crippen LogP contribution in [0.15, 0.2) is 180 Å². The average molecular weight is 639 g/mol. The summed E-state index contributed by atoms with van der Waals surface area (Å²) in [5, 5.41) is -0.400. The molecule has 230 valence electrons. The van der Waals surface area contributed by atoms with Crippen LogP contribution >= 0.6 is 0 Å². The van der Waals surface area contributed by atoms with E-state index in [0.717, 1.165) is 22.3 Å². The topological polar surface area (TPSA) is 51.8 Å². The first kappa shape index (κ1) is 19.2. The number of hydrogen-bond donors (Lipinski definition) is 0. The normalized spacial score (nSPS) is 14.4. The van der Waals surface area contributed by atoms with Crippen LogP contribution in [0.25, 0.3) is 89.5 Å². The Kier molecular flexibility index (Phi) is 4.78. The molecule has 0 saturated carbocycles. The smallest absolute Gasteiger partial charge is 0.164 e. The fourth-order valence-corrected chi connectivity index (χ4v) is 5.76. The Balaban J connectivity index is 1.24. The minimum absolute atomic E-state index is 0.172. The van der Waals surface area contributed by atoms with Crippen LogP contribution in [0.3, 0.4) is 0 Å². The van der Waals surface area contributed by atoms with Gasteiger partial charge >= 0.3 is 0 Å². The fraction of sp³-hybridized carbons (Fsp3) is 0. The van der Waals surface area contributed by atoms with Gasteiger partial charge in [-0.3, -0.25) is 0 Å². The van der Waals surface area contributed by atoms with Crippen molar-refractivity contribution < 1.29 is 19.5 Å². The third-order valence-electron chi connectivity index (χ3n) is 8.18. The minimum atomic E-state index is -0.655. The minimum Gasteiger partial charge on any atom is -0.456 e. The third-order valence-corrected chi connectivity index (χ3v) is 8.18. The lowest BCUT2D eigenvalue weighted by Crippen LogP contribution is -2.00. The van der Waals surface area contributed by atoms with Crippen LogP contribution < -0.4 is 0 Å². The van der Waals surface area contributed by atoms with E-state index >= 15 is 0 Å². The maximum atomic E-state index is 9.58.